The lowest BCUT2D eigenvalue weighted by atomic mass is 10.0. The van der Waals surface area contributed by atoms with Crippen LogP contribution in [0, 0.1) is 5.92 Å². The minimum absolute atomic E-state index is 0. The Hall–Kier alpha value is -1.13. The number of rotatable bonds is 11. The summed E-state index contributed by atoms with van der Waals surface area (Å²) in [5, 5.41) is 6.71. The Morgan fingerprint density at radius 3 is 2.77 bits per heavy atom. The van der Waals surface area contributed by atoms with Gasteiger partial charge in [0.05, 0.1) is 6.54 Å². The number of halogens is 1. The first-order valence-electron chi connectivity index (χ1n) is 11.6. The molecule has 0 unspecified atom stereocenters. The van der Waals surface area contributed by atoms with Gasteiger partial charge in [0, 0.05) is 51.3 Å². The molecule has 31 heavy (non-hydrogen) atoms. The van der Waals surface area contributed by atoms with Crippen LogP contribution < -0.4 is 15.4 Å². The molecule has 3 rings (SSSR count). The van der Waals surface area contributed by atoms with Gasteiger partial charge in [-0.15, -0.1) is 24.0 Å². The molecule has 2 fully saturated rings. The van der Waals surface area contributed by atoms with Crippen molar-refractivity contribution in [1.82, 2.24) is 15.6 Å². The van der Waals surface area contributed by atoms with Gasteiger partial charge in [-0.1, -0.05) is 6.07 Å². The SMILES string of the molecule is CCNC(=NCc1cccnc1OC1CCCC1)NCCCOCC1CCOCC1.I. The van der Waals surface area contributed by atoms with E-state index < -0.39 is 0 Å². The van der Waals surface area contributed by atoms with Gasteiger partial charge in [0.25, 0.3) is 0 Å². The summed E-state index contributed by atoms with van der Waals surface area (Å²) in [7, 11) is 0. The van der Waals surface area contributed by atoms with Crippen LogP contribution in [0.5, 0.6) is 5.88 Å². The maximum atomic E-state index is 6.13. The molecule has 0 spiro atoms. The highest BCUT2D eigenvalue weighted by Crippen LogP contribution is 2.25. The first kappa shape index (κ1) is 26.1. The van der Waals surface area contributed by atoms with Gasteiger partial charge in [0.2, 0.25) is 5.88 Å². The van der Waals surface area contributed by atoms with E-state index in [1.807, 2.05) is 6.07 Å². The molecule has 1 aliphatic heterocycles. The molecule has 0 atom stereocenters. The number of hydrogen-bond acceptors (Lipinski definition) is 5. The third-order valence-corrected chi connectivity index (χ3v) is 5.63. The summed E-state index contributed by atoms with van der Waals surface area (Å²) >= 11 is 0. The number of guanidine groups is 1. The maximum Gasteiger partial charge on any atom is 0.218 e. The zero-order chi connectivity index (χ0) is 20.9. The molecule has 2 N–H and O–H groups in total. The van der Waals surface area contributed by atoms with Crippen LogP contribution in [0.1, 0.15) is 57.4 Å². The fourth-order valence-electron chi connectivity index (χ4n) is 3.86. The van der Waals surface area contributed by atoms with Crippen LogP contribution in [0.2, 0.25) is 0 Å². The van der Waals surface area contributed by atoms with Crippen LogP contribution in [0.25, 0.3) is 0 Å². The Morgan fingerprint density at radius 2 is 2.00 bits per heavy atom. The van der Waals surface area contributed by atoms with Crippen molar-refractivity contribution in [3.63, 3.8) is 0 Å². The van der Waals surface area contributed by atoms with Gasteiger partial charge in [-0.25, -0.2) is 9.98 Å². The van der Waals surface area contributed by atoms with Crippen molar-refractivity contribution < 1.29 is 14.2 Å². The Balaban J connectivity index is 0.00000341. The second-order valence-corrected chi connectivity index (χ2v) is 8.10. The van der Waals surface area contributed by atoms with Crippen LogP contribution in [-0.2, 0) is 16.0 Å². The third-order valence-electron chi connectivity index (χ3n) is 5.63. The summed E-state index contributed by atoms with van der Waals surface area (Å²) in [6, 6.07) is 4.00. The molecule has 1 saturated carbocycles. The van der Waals surface area contributed by atoms with Crippen LogP contribution >= 0.6 is 24.0 Å². The first-order chi connectivity index (χ1) is 14.8. The van der Waals surface area contributed by atoms with Crippen LogP contribution in [0.3, 0.4) is 0 Å². The fraction of sp³-hybridized carbons (Fsp3) is 0.739. The monoisotopic (exact) mass is 546 g/mol. The van der Waals surface area contributed by atoms with E-state index in [1.54, 1.807) is 6.20 Å². The summed E-state index contributed by atoms with van der Waals surface area (Å²) in [6.45, 7) is 7.65. The normalized spacial score (nSPS) is 17.9. The highest BCUT2D eigenvalue weighted by Gasteiger charge is 2.18. The molecular weight excluding hydrogens is 507 g/mol. The molecule has 0 amide bonds. The van der Waals surface area contributed by atoms with Crippen molar-refractivity contribution in [2.75, 3.05) is 39.5 Å². The van der Waals surface area contributed by atoms with Gasteiger partial charge < -0.3 is 24.8 Å². The number of aliphatic imine (C=N–C) groups is 1. The smallest absolute Gasteiger partial charge is 0.218 e. The van der Waals surface area contributed by atoms with E-state index in [0.29, 0.717) is 18.6 Å². The van der Waals surface area contributed by atoms with Crippen LogP contribution in [0.4, 0.5) is 0 Å². The average Bonchev–Trinajstić information content (AvgIpc) is 3.29. The molecule has 1 aromatic rings. The molecule has 2 heterocycles. The van der Waals surface area contributed by atoms with E-state index in [9.17, 15) is 0 Å². The molecule has 1 aliphatic carbocycles. The van der Waals surface area contributed by atoms with Gasteiger partial charge in [-0.05, 0) is 63.9 Å². The van der Waals surface area contributed by atoms with Gasteiger partial charge in [0.15, 0.2) is 5.96 Å². The molecule has 176 valence electrons. The Bertz CT molecular complexity index is 635. The topological polar surface area (TPSA) is 77.0 Å². The zero-order valence-corrected chi connectivity index (χ0v) is 21.1. The van der Waals surface area contributed by atoms with Crippen molar-refractivity contribution >= 4 is 29.9 Å². The third kappa shape index (κ3) is 9.91. The predicted molar refractivity (Wildman–Crippen MR) is 134 cm³/mol. The Morgan fingerprint density at radius 1 is 1.19 bits per heavy atom. The number of ether oxygens (including phenoxy) is 3. The van der Waals surface area contributed by atoms with Crippen molar-refractivity contribution in [2.24, 2.45) is 10.9 Å². The number of hydrogen-bond donors (Lipinski definition) is 2. The summed E-state index contributed by atoms with van der Waals surface area (Å²) < 4.78 is 17.4. The summed E-state index contributed by atoms with van der Waals surface area (Å²) in [5.41, 5.74) is 1.03. The van der Waals surface area contributed by atoms with Gasteiger partial charge in [-0.3, -0.25) is 0 Å². The second kappa shape index (κ2) is 15.6. The molecule has 2 aliphatic rings. The van der Waals surface area contributed by atoms with Crippen molar-refractivity contribution in [2.45, 2.75) is 64.5 Å². The largest absolute Gasteiger partial charge is 0.474 e. The van der Waals surface area contributed by atoms with E-state index in [4.69, 9.17) is 19.2 Å². The van der Waals surface area contributed by atoms with Gasteiger partial charge >= 0.3 is 0 Å². The molecule has 0 bridgehead atoms. The lowest BCUT2D eigenvalue weighted by Crippen LogP contribution is -2.38. The molecule has 0 radical (unpaired) electrons. The number of nitrogens with zero attached hydrogens (tertiary/aromatic N) is 2. The molecule has 8 heteroatoms. The predicted octanol–water partition coefficient (Wildman–Crippen LogP) is 3.91. The minimum atomic E-state index is 0. The highest BCUT2D eigenvalue weighted by molar-refractivity contribution is 14.0. The Kier molecular flexibility index (Phi) is 13.2. The number of pyridine rings is 1. The summed E-state index contributed by atoms with van der Waals surface area (Å²) in [4.78, 5) is 9.17. The number of aromatic nitrogens is 1. The second-order valence-electron chi connectivity index (χ2n) is 8.10. The van der Waals surface area contributed by atoms with Crippen molar-refractivity contribution in [3.8, 4) is 5.88 Å². The van der Waals surface area contributed by atoms with E-state index in [2.05, 4.69) is 28.6 Å². The van der Waals surface area contributed by atoms with E-state index in [-0.39, 0.29) is 24.0 Å². The first-order valence-corrected chi connectivity index (χ1v) is 11.6. The fourth-order valence-corrected chi connectivity index (χ4v) is 3.86. The molecule has 1 aromatic heterocycles. The Labute approximate surface area is 204 Å². The standard InChI is InChI=1S/C23H38N4O3.HI/c1-2-24-23(26-13-6-14-29-18-19-10-15-28-16-11-19)27-17-20-7-5-12-25-22(20)30-21-8-3-4-9-21;/h5,7,12,19,21H,2-4,6,8-11,13-18H2,1H3,(H2,24,26,27);1H. The highest BCUT2D eigenvalue weighted by atomic mass is 127. The van der Waals surface area contributed by atoms with E-state index >= 15 is 0 Å². The van der Waals surface area contributed by atoms with Gasteiger partial charge in [-0.2, -0.15) is 0 Å². The molecule has 7 nitrogen and oxygen atoms in total. The molecule has 1 saturated heterocycles. The summed E-state index contributed by atoms with van der Waals surface area (Å²) in [5.74, 6) is 2.20. The van der Waals surface area contributed by atoms with Gasteiger partial charge in [0.1, 0.15) is 6.10 Å². The minimum Gasteiger partial charge on any atom is -0.474 e. The summed E-state index contributed by atoms with van der Waals surface area (Å²) in [6.07, 6.45) is 10.0. The quantitative estimate of drug-likeness (QED) is 0.190. The number of nitrogens with one attached hydrogen (secondary N) is 2. The van der Waals surface area contributed by atoms with E-state index in [0.717, 1.165) is 89.0 Å². The zero-order valence-electron chi connectivity index (χ0n) is 18.8. The lowest BCUT2D eigenvalue weighted by Gasteiger charge is -2.21. The molecular formula is C23H39IN4O3. The molecule has 0 aromatic carbocycles. The van der Waals surface area contributed by atoms with Crippen molar-refractivity contribution in [1.29, 1.82) is 0 Å². The van der Waals surface area contributed by atoms with E-state index in [1.165, 1.54) is 12.8 Å². The van der Waals surface area contributed by atoms with Crippen molar-refractivity contribution in [3.05, 3.63) is 23.9 Å². The average molecular weight is 546 g/mol. The maximum absolute atomic E-state index is 6.13. The van der Waals surface area contributed by atoms with Crippen LogP contribution in [-0.4, -0.2) is 56.6 Å². The van der Waals surface area contributed by atoms with Crippen LogP contribution in [0.15, 0.2) is 23.3 Å². The lowest BCUT2D eigenvalue weighted by molar-refractivity contribution is 0.0203.